The van der Waals surface area contributed by atoms with Crippen LogP contribution in [0.5, 0.6) is 0 Å². The quantitative estimate of drug-likeness (QED) is 0.806. The molecule has 2 rings (SSSR count). The number of aliphatic hydroxyl groups excluding tert-OH is 2. The third-order valence-electron chi connectivity index (χ3n) is 3.03. The van der Waals surface area contributed by atoms with Gasteiger partial charge in [-0.05, 0) is 17.5 Å². The minimum absolute atomic E-state index is 0.0221. The summed E-state index contributed by atoms with van der Waals surface area (Å²) in [5.74, 6) is -0.338. The maximum atomic E-state index is 12.3. The minimum Gasteiger partial charge on any atom is -0.396 e. The van der Waals surface area contributed by atoms with Crippen LogP contribution in [0.3, 0.4) is 0 Å². The lowest BCUT2D eigenvalue weighted by Crippen LogP contribution is -2.14. The number of benzene rings is 2. The van der Waals surface area contributed by atoms with Crippen molar-refractivity contribution in [1.82, 2.24) is 0 Å². The number of ketones is 1. The largest absolute Gasteiger partial charge is 0.396 e. The Morgan fingerprint density at radius 3 is 2.32 bits per heavy atom. The van der Waals surface area contributed by atoms with E-state index in [9.17, 15) is 9.90 Å². The molecule has 98 valence electrons. The number of Topliss-reactive ketones (excluding diaryl/α,β-unsaturated/α-hetero) is 1. The van der Waals surface area contributed by atoms with E-state index in [1.165, 1.54) is 0 Å². The van der Waals surface area contributed by atoms with E-state index in [-0.39, 0.29) is 12.4 Å². The first kappa shape index (κ1) is 13.5. The first-order valence-corrected chi connectivity index (χ1v) is 6.20. The van der Waals surface area contributed by atoms with Crippen LogP contribution < -0.4 is 0 Å². The molecule has 0 saturated carbocycles. The average Bonchev–Trinajstić information content (AvgIpc) is 2.47. The van der Waals surface area contributed by atoms with Gasteiger partial charge in [-0.1, -0.05) is 54.6 Å². The summed E-state index contributed by atoms with van der Waals surface area (Å²) in [7, 11) is 0. The summed E-state index contributed by atoms with van der Waals surface area (Å²) in [6.07, 6.45) is -0.760. The van der Waals surface area contributed by atoms with E-state index in [0.717, 1.165) is 5.56 Å². The fraction of sp³-hybridized carbons (Fsp3) is 0.188. The Bertz CT molecular complexity index is 549. The molecule has 19 heavy (non-hydrogen) atoms. The molecule has 0 aromatic heterocycles. The number of carbonyl (C=O) groups excluding carboxylic acids is 1. The van der Waals surface area contributed by atoms with E-state index in [2.05, 4.69) is 0 Å². The Balaban J connectivity index is 2.29. The van der Waals surface area contributed by atoms with E-state index in [1.807, 2.05) is 12.1 Å². The zero-order chi connectivity index (χ0) is 13.7. The lowest BCUT2D eigenvalue weighted by Gasteiger charge is -2.13. The van der Waals surface area contributed by atoms with Gasteiger partial charge in [0.25, 0.3) is 0 Å². The van der Waals surface area contributed by atoms with Gasteiger partial charge in [-0.15, -0.1) is 0 Å². The summed E-state index contributed by atoms with van der Waals surface area (Å²) in [5.41, 5.74) is 1.80. The summed E-state index contributed by atoms with van der Waals surface area (Å²) in [6.45, 7) is -0.0221. The molecule has 0 radical (unpaired) electrons. The molecule has 1 unspecified atom stereocenters. The molecule has 0 bridgehead atoms. The summed E-state index contributed by atoms with van der Waals surface area (Å²) >= 11 is 0. The summed E-state index contributed by atoms with van der Waals surface area (Å²) in [5, 5.41) is 19.1. The van der Waals surface area contributed by atoms with E-state index in [1.54, 1.807) is 42.5 Å². The molecule has 3 nitrogen and oxygen atoms in total. The molecule has 0 aliphatic rings. The highest BCUT2D eigenvalue weighted by Crippen LogP contribution is 2.20. The van der Waals surface area contributed by atoms with Gasteiger partial charge < -0.3 is 10.2 Å². The van der Waals surface area contributed by atoms with E-state index in [4.69, 9.17) is 5.11 Å². The number of aliphatic hydroxyl groups is 2. The summed E-state index contributed by atoms with van der Waals surface area (Å²) < 4.78 is 0. The Labute approximate surface area is 112 Å². The van der Waals surface area contributed by atoms with Crippen molar-refractivity contribution in [3.8, 4) is 0 Å². The fourth-order valence-corrected chi connectivity index (χ4v) is 2.03. The first-order valence-electron chi connectivity index (χ1n) is 6.20. The van der Waals surface area contributed by atoms with Gasteiger partial charge in [-0.2, -0.15) is 0 Å². The maximum Gasteiger partial charge on any atom is 0.196 e. The minimum atomic E-state index is -1.17. The van der Waals surface area contributed by atoms with Crippen LogP contribution in [0, 0.1) is 0 Å². The highest BCUT2D eigenvalue weighted by atomic mass is 16.3. The Hall–Kier alpha value is -1.97. The Morgan fingerprint density at radius 2 is 1.63 bits per heavy atom. The smallest absolute Gasteiger partial charge is 0.196 e. The van der Waals surface area contributed by atoms with Crippen molar-refractivity contribution >= 4 is 5.78 Å². The molecular weight excluding hydrogens is 240 g/mol. The average molecular weight is 256 g/mol. The number of carbonyl (C=O) groups is 1. The van der Waals surface area contributed by atoms with Gasteiger partial charge in [-0.25, -0.2) is 0 Å². The molecule has 2 aromatic rings. The van der Waals surface area contributed by atoms with Crippen LogP contribution in [0.1, 0.15) is 27.6 Å². The third kappa shape index (κ3) is 3.08. The SMILES string of the molecule is O=C(c1ccccc1CCO)C(O)c1ccccc1. The second-order valence-electron chi connectivity index (χ2n) is 4.31. The monoisotopic (exact) mass is 256 g/mol. The fourth-order valence-electron chi connectivity index (χ4n) is 2.03. The van der Waals surface area contributed by atoms with Crippen molar-refractivity contribution in [2.75, 3.05) is 6.61 Å². The van der Waals surface area contributed by atoms with Gasteiger partial charge in [0.2, 0.25) is 0 Å². The van der Waals surface area contributed by atoms with Crippen molar-refractivity contribution in [1.29, 1.82) is 0 Å². The molecule has 0 spiro atoms. The van der Waals surface area contributed by atoms with Crippen molar-refractivity contribution in [2.45, 2.75) is 12.5 Å². The van der Waals surface area contributed by atoms with Gasteiger partial charge in [-0.3, -0.25) is 4.79 Å². The van der Waals surface area contributed by atoms with Crippen LogP contribution in [0.25, 0.3) is 0 Å². The Morgan fingerprint density at radius 1 is 1.00 bits per heavy atom. The van der Waals surface area contributed by atoms with Crippen molar-refractivity contribution in [2.24, 2.45) is 0 Å². The van der Waals surface area contributed by atoms with Crippen LogP contribution in [0.2, 0.25) is 0 Å². The van der Waals surface area contributed by atoms with E-state index in [0.29, 0.717) is 17.5 Å². The van der Waals surface area contributed by atoms with Crippen LogP contribution in [0.4, 0.5) is 0 Å². The van der Waals surface area contributed by atoms with E-state index < -0.39 is 6.10 Å². The highest BCUT2D eigenvalue weighted by Gasteiger charge is 2.20. The molecule has 0 aliphatic carbocycles. The lowest BCUT2D eigenvalue weighted by molar-refractivity contribution is 0.0746. The van der Waals surface area contributed by atoms with Gasteiger partial charge in [0, 0.05) is 12.2 Å². The zero-order valence-electron chi connectivity index (χ0n) is 10.5. The maximum absolute atomic E-state index is 12.3. The van der Waals surface area contributed by atoms with Crippen LogP contribution in [0.15, 0.2) is 54.6 Å². The van der Waals surface area contributed by atoms with Crippen LogP contribution >= 0.6 is 0 Å². The van der Waals surface area contributed by atoms with E-state index >= 15 is 0 Å². The third-order valence-corrected chi connectivity index (χ3v) is 3.03. The molecule has 0 saturated heterocycles. The predicted octanol–water partition coefficient (Wildman–Crippen LogP) is 2.14. The summed E-state index contributed by atoms with van der Waals surface area (Å²) in [6, 6.07) is 15.9. The molecule has 2 aromatic carbocycles. The molecule has 0 aliphatic heterocycles. The van der Waals surface area contributed by atoms with Gasteiger partial charge in [0.1, 0.15) is 6.10 Å². The van der Waals surface area contributed by atoms with Crippen molar-refractivity contribution < 1.29 is 15.0 Å². The molecular formula is C16H16O3. The molecule has 0 heterocycles. The molecule has 1 atom stereocenters. The van der Waals surface area contributed by atoms with Crippen LogP contribution in [-0.4, -0.2) is 22.6 Å². The van der Waals surface area contributed by atoms with Crippen LogP contribution in [-0.2, 0) is 6.42 Å². The number of rotatable bonds is 5. The zero-order valence-corrected chi connectivity index (χ0v) is 10.5. The predicted molar refractivity (Wildman–Crippen MR) is 73.0 cm³/mol. The Kier molecular flexibility index (Phi) is 4.44. The van der Waals surface area contributed by atoms with Gasteiger partial charge in [0.15, 0.2) is 5.78 Å². The summed E-state index contributed by atoms with van der Waals surface area (Å²) in [4.78, 5) is 12.3. The number of hydrogen-bond acceptors (Lipinski definition) is 3. The van der Waals surface area contributed by atoms with Crippen molar-refractivity contribution in [3.05, 3.63) is 71.3 Å². The normalized spacial score (nSPS) is 12.1. The van der Waals surface area contributed by atoms with Gasteiger partial charge >= 0.3 is 0 Å². The highest BCUT2D eigenvalue weighted by molar-refractivity contribution is 6.01. The molecule has 3 heteroatoms. The topological polar surface area (TPSA) is 57.5 Å². The van der Waals surface area contributed by atoms with Crippen molar-refractivity contribution in [3.63, 3.8) is 0 Å². The first-order chi connectivity index (χ1) is 9.24. The lowest BCUT2D eigenvalue weighted by atomic mass is 9.95. The second kappa shape index (κ2) is 6.27. The molecule has 2 N–H and O–H groups in total. The second-order valence-corrected chi connectivity index (χ2v) is 4.31. The molecule has 0 fully saturated rings. The standard InChI is InChI=1S/C16H16O3/c17-11-10-12-6-4-5-9-14(12)16(19)15(18)13-7-2-1-3-8-13/h1-9,15,17-18H,10-11H2. The number of hydrogen-bond donors (Lipinski definition) is 2. The molecule has 0 amide bonds. The van der Waals surface area contributed by atoms with Gasteiger partial charge in [0.05, 0.1) is 0 Å².